The maximum atomic E-state index is 12.4. The number of aryl methyl sites for hydroxylation is 2. The summed E-state index contributed by atoms with van der Waals surface area (Å²) < 4.78 is 5.30. The topological polar surface area (TPSA) is 71.2 Å². The Kier molecular flexibility index (Phi) is 5.44. The van der Waals surface area contributed by atoms with Crippen LogP contribution in [0, 0.1) is 13.8 Å². The molecule has 140 valence electrons. The quantitative estimate of drug-likeness (QED) is 0.581. The minimum atomic E-state index is -0.992. The smallest absolute Gasteiger partial charge is 0.338 e. The Morgan fingerprint density at radius 1 is 1.11 bits per heavy atom. The highest BCUT2D eigenvalue weighted by Crippen LogP contribution is 2.26. The van der Waals surface area contributed by atoms with Gasteiger partial charge in [0.1, 0.15) is 0 Å². The molecular weight excluding hydrogens is 387 g/mol. The van der Waals surface area contributed by atoms with E-state index >= 15 is 0 Å². The van der Waals surface area contributed by atoms with Gasteiger partial charge in [0.25, 0.3) is 5.91 Å². The van der Waals surface area contributed by atoms with Crippen LogP contribution in [-0.2, 0) is 9.53 Å². The summed E-state index contributed by atoms with van der Waals surface area (Å²) in [7, 11) is 0. The Morgan fingerprint density at radius 3 is 2.56 bits per heavy atom. The van der Waals surface area contributed by atoms with Crippen LogP contribution in [-0.4, -0.2) is 23.0 Å². The molecule has 0 radical (unpaired) electrons. The second kappa shape index (κ2) is 7.62. The number of fused-ring (bicyclic) bond motifs is 1. The molecule has 1 atom stereocenters. The van der Waals surface area contributed by atoms with Gasteiger partial charge in [-0.15, -0.1) is 0 Å². The molecule has 0 saturated carbocycles. The zero-order valence-electron chi connectivity index (χ0n) is 15.0. The Balaban J connectivity index is 1.71. The number of hydrogen-bond donors (Lipinski definition) is 2. The number of nitrogens with one attached hydrogen (secondary N) is 2. The second-order valence-electron chi connectivity index (χ2n) is 6.30. The molecule has 3 aromatic rings. The number of carbonyl (C=O) groups is 2. The van der Waals surface area contributed by atoms with Crippen molar-refractivity contribution in [3.63, 3.8) is 0 Å². The summed E-state index contributed by atoms with van der Waals surface area (Å²) in [5.41, 5.74) is 3.85. The summed E-state index contributed by atoms with van der Waals surface area (Å²) in [4.78, 5) is 28.0. The summed E-state index contributed by atoms with van der Waals surface area (Å²) in [6.45, 7) is 5.46. The van der Waals surface area contributed by atoms with Crippen molar-refractivity contribution in [2.45, 2.75) is 26.9 Å². The number of ether oxygens (including phenoxy) is 1. The van der Waals surface area contributed by atoms with Gasteiger partial charge in [-0.2, -0.15) is 0 Å². The van der Waals surface area contributed by atoms with Crippen molar-refractivity contribution >= 4 is 51.7 Å². The Bertz CT molecular complexity index is 1040. The van der Waals surface area contributed by atoms with Crippen LogP contribution in [0.2, 0.25) is 10.0 Å². The lowest BCUT2D eigenvalue weighted by Gasteiger charge is -2.14. The van der Waals surface area contributed by atoms with Crippen molar-refractivity contribution < 1.29 is 14.3 Å². The van der Waals surface area contributed by atoms with E-state index in [1.54, 1.807) is 24.3 Å². The second-order valence-corrected chi connectivity index (χ2v) is 7.14. The summed E-state index contributed by atoms with van der Waals surface area (Å²) in [6, 6.07) is 9.96. The summed E-state index contributed by atoms with van der Waals surface area (Å²) in [5.74, 6) is -1.05. The summed E-state index contributed by atoms with van der Waals surface area (Å²) in [5, 5.41) is 4.34. The molecule has 1 heterocycles. The number of halogens is 2. The largest absolute Gasteiger partial charge is 0.449 e. The fraction of sp³-hybridized carbons (Fsp3) is 0.200. The average Bonchev–Trinajstić information content (AvgIpc) is 2.91. The molecule has 0 unspecified atom stereocenters. The van der Waals surface area contributed by atoms with Crippen molar-refractivity contribution in [2.24, 2.45) is 0 Å². The maximum Gasteiger partial charge on any atom is 0.338 e. The molecule has 2 aromatic carbocycles. The first-order chi connectivity index (χ1) is 12.8. The van der Waals surface area contributed by atoms with E-state index in [1.165, 1.54) is 13.0 Å². The highest BCUT2D eigenvalue weighted by molar-refractivity contribution is 6.36. The number of H-pyrrole nitrogens is 1. The van der Waals surface area contributed by atoms with Crippen molar-refractivity contribution in [1.82, 2.24) is 4.98 Å². The molecule has 0 spiro atoms. The molecule has 27 heavy (non-hydrogen) atoms. The normalized spacial score (nSPS) is 12.0. The van der Waals surface area contributed by atoms with Gasteiger partial charge in [0.15, 0.2) is 6.10 Å². The standard InChI is InChI=1S/C20H18Cl2N2O3/c1-10-11(2)23-17-6-4-13(8-15(10)17)20(26)27-12(3)19(25)24-18-7-5-14(21)9-16(18)22/h4-9,12,23H,1-3H3,(H,24,25)/t12-/m1/s1. The molecule has 5 nitrogen and oxygen atoms in total. The van der Waals surface area contributed by atoms with Gasteiger partial charge in [-0.25, -0.2) is 4.79 Å². The van der Waals surface area contributed by atoms with Gasteiger partial charge >= 0.3 is 5.97 Å². The molecule has 0 fully saturated rings. The van der Waals surface area contributed by atoms with E-state index in [2.05, 4.69) is 10.3 Å². The molecule has 0 aliphatic carbocycles. The van der Waals surface area contributed by atoms with Gasteiger partial charge in [0, 0.05) is 21.6 Å². The summed E-state index contributed by atoms with van der Waals surface area (Å²) in [6.07, 6.45) is -0.992. The highest BCUT2D eigenvalue weighted by Gasteiger charge is 2.20. The highest BCUT2D eigenvalue weighted by atomic mass is 35.5. The third-order valence-electron chi connectivity index (χ3n) is 4.39. The van der Waals surface area contributed by atoms with Crippen LogP contribution in [0.4, 0.5) is 5.69 Å². The number of rotatable bonds is 4. The first kappa shape index (κ1) is 19.3. The van der Waals surface area contributed by atoms with Crippen molar-refractivity contribution in [3.8, 4) is 0 Å². The van der Waals surface area contributed by atoms with E-state index in [0.29, 0.717) is 21.3 Å². The van der Waals surface area contributed by atoms with Gasteiger partial charge in [-0.3, -0.25) is 4.79 Å². The van der Waals surface area contributed by atoms with Crippen LogP contribution in [0.3, 0.4) is 0 Å². The van der Waals surface area contributed by atoms with Crippen LogP contribution in [0.15, 0.2) is 36.4 Å². The molecule has 3 rings (SSSR count). The number of aromatic nitrogens is 1. The maximum absolute atomic E-state index is 12.4. The van der Waals surface area contributed by atoms with E-state index in [4.69, 9.17) is 27.9 Å². The van der Waals surface area contributed by atoms with E-state index < -0.39 is 18.0 Å². The lowest BCUT2D eigenvalue weighted by atomic mass is 10.1. The van der Waals surface area contributed by atoms with Crippen LogP contribution in [0.5, 0.6) is 0 Å². The first-order valence-corrected chi connectivity index (χ1v) is 9.07. The minimum Gasteiger partial charge on any atom is -0.449 e. The SMILES string of the molecule is Cc1[nH]c2ccc(C(=O)O[C@H](C)C(=O)Nc3ccc(Cl)cc3Cl)cc2c1C. The minimum absolute atomic E-state index is 0.304. The predicted molar refractivity (Wildman–Crippen MR) is 108 cm³/mol. The summed E-state index contributed by atoms with van der Waals surface area (Å²) >= 11 is 11.9. The van der Waals surface area contributed by atoms with Gasteiger partial charge in [-0.05, 0) is 62.7 Å². The van der Waals surface area contributed by atoms with Gasteiger partial charge in [-0.1, -0.05) is 23.2 Å². The van der Waals surface area contributed by atoms with Gasteiger partial charge in [0.05, 0.1) is 16.3 Å². The molecular formula is C20H18Cl2N2O3. The lowest BCUT2D eigenvalue weighted by Crippen LogP contribution is -2.30. The molecule has 0 aliphatic heterocycles. The lowest BCUT2D eigenvalue weighted by molar-refractivity contribution is -0.123. The third-order valence-corrected chi connectivity index (χ3v) is 4.93. The Labute approximate surface area is 166 Å². The monoisotopic (exact) mass is 404 g/mol. The van der Waals surface area contributed by atoms with E-state index in [-0.39, 0.29) is 0 Å². The van der Waals surface area contributed by atoms with Crippen LogP contribution < -0.4 is 5.32 Å². The van der Waals surface area contributed by atoms with E-state index in [0.717, 1.165) is 22.2 Å². The fourth-order valence-electron chi connectivity index (χ4n) is 2.70. The van der Waals surface area contributed by atoms with E-state index in [1.807, 2.05) is 19.9 Å². The first-order valence-electron chi connectivity index (χ1n) is 8.32. The van der Waals surface area contributed by atoms with Gasteiger partial charge in [0.2, 0.25) is 0 Å². The molecule has 1 aromatic heterocycles. The zero-order chi connectivity index (χ0) is 19.7. The van der Waals surface area contributed by atoms with Crippen LogP contribution in [0.1, 0.15) is 28.5 Å². The molecule has 7 heteroatoms. The fourth-order valence-corrected chi connectivity index (χ4v) is 3.15. The van der Waals surface area contributed by atoms with Crippen molar-refractivity contribution in [3.05, 3.63) is 63.3 Å². The Hall–Kier alpha value is -2.50. The predicted octanol–water partition coefficient (Wildman–Crippen LogP) is 5.28. The number of aromatic amines is 1. The molecule has 1 amide bonds. The molecule has 0 saturated heterocycles. The number of carbonyl (C=O) groups excluding carboxylic acids is 2. The average molecular weight is 405 g/mol. The van der Waals surface area contributed by atoms with Crippen molar-refractivity contribution in [2.75, 3.05) is 5.32 Å². The Morgan fingerprint density at radius 2 is 1.85 bits per heavy atom. The number of benzene rings is 2. The third kappa shape index (κ3) is 4.10. The molecule has 0 aliphatic rings. The molecule has 0 bridgehead atoms. The number of esters is 1. The van der Waals surface area contributed by atoms with Crippen molar-refractivity contribution in [1.29, 1.82) is 0 Å². The molecule has 2 N–H and O–H groups in total. The number of amides is 1. The number of anilines is 1. The van der Waals surface area contributed by atoms with Crippen LogP contribution >= 0.6 is 23.2 Å². The number of hydrogen-bond acceptors (Lipinski definition) is 3. The van der Waals surface area contributed by atoms with E-state index in [9.17, 15) is 9.59 Å². The van der Waals surface area contributed by atoms with Crippen LogP contribution in [0.25, 0.3) is 10.9 Å². The van der Waals surface area contributed by atoms with Gasteiger partial charge < -0.3 is 15.0 Å². The zero-order valence-corrected chi connectivity index (χ0v) is 16.5.